The Balaban J connectivity index is 2.07. The van der Waals surface area contributed by atoms with Crippen LogP contribution in [0.4, 0.5) is 0 Å². The molecule has 2 rings (SSSR count). The van der Waals surface area contributed by atoms with E-state index in [0.717, 1.165) is 17.5 Å². The third-order valence-corrected chi connectivity index (χ3v) is 4.92. The smallest absolute Gasteiger partial charge is 0.0406 e. The lowest BCUT2D eigenvalue weighted by atomic mass is 9.94. The van der Waals surface area contributed by atoms with E-state index in [-0.39, 0.29) is 0 Å². The van der Waals surface area contributed by atoms with Crippen molar-refractivity contribution >= 4 is 11.6 Å². The van der Waals surface area contributed by atoms with Crippen LogP contribution < -0.4 is 5.73 Å². The summed E-state index contributed by atoms with van der Waals surface area (Å²) in [4.78, 5) is 2.44. The zero-order chi connectivity index (χ0) is 13.8. The Hall–Kier alpha value is -0.570. The minimum atomic E-state index is 0.381. The highest BCUT2D eigenvalue weighted by Crippen LogP contribution is 2.33. The van der Waals surface area contributed by atoms with E-state index < -0.39 is 0 Å². The van der Waals surface area contributed by atoms with E-state index in [0.29, 0.717) is 12.1 Å². The Morgan fingerprint density at radius 2 is 1.84 bits per heavy atom. The van der Waals surface area contributed by atoms with Crippen molar-refractivity contribution in [3.05, 3.63) is 34.9 Å². The van der Waals surface area contributed by atoms with Crippen molar-refractivity contribution in [3.63, 3.8) is 0 Å². The summed E-state index contributed by atoms with van der Waals surface area (Å²) in [5, 5.41) is 0.796. The lowest BCUT2D eigenvalue weighted by molar-refractivity contribution is 0.137. The third-order valence-electron chi connectivity index (χ3n) is 4.67. The molecule has 19 heavy (non-hydrogen) atoms. The quantitative estimate of drug-likeness (QED) is 0.888. The van der Waals surface area contributed by atoms with Gasteiger partial charge in [-0.05, 0) is 50.4 Å². The van der Waals surface area contributed by atoms with Crippen LogP contribution in [-0.4, -0.2) is 24.5 Å². The molecule has 0 aromatic heterocycles. The van der Waals surface area contributed by atoms with Crippen molar-refractivity contribution in [3.8, 4) is 0 Å². The topological polar surface area (TPSA) is 29.3 Å². The van der Waals surface area contributed by atoms with E-state index >= 15 is 0 Å². The predicted molar refractivity (Wildman–Crippen MR) is 82.4 cm³/mol. The highest BCUT2D eigenvalue weighted by atomic mass is 35.5. The van der Waals surface area contributed by atoms with Gasteiger partial charge in [0.25, 0.3) is 0 Å². The van der Waals surface area contributed by atoms with Crippen LogP contribution in [0.1, 0.15) is 44.2 Å². The monoisotopic (exact) mass is 280 g/mol. The largest absolute Gasteiger partial charge is 0.329 e. The Labute approximate surface area is 121 Å². The van der Waals surface area contributed by atoms with Gasteiger partial charge in [-0.3, -0.25) is 4.90 Å². The van der Waals surface area contributed by atoms with E-state index in [1.165, 1.54) is 31.2 Å². The summed E-state index contributed by atoms with van der Waals surface area (Å²) >= 11 is 5.96. The molecule has 0 heterocycles. The van der Waals surface area contributed by atoms with Gasteiger partial charge in [-0.1, -0.05) is 36.6 Å². The second-order valence-corrected chi connectivity index (χ2v) is 6.18. The summed E-state index contributed by atoms with van der Waals surface area (Å²) in [5.41, 5.74) is 7.34. The standard InChI is InChI=1S/C16H25ClN2/c1-12(13-7-9-15(17)10-8-13)19(2)16(11-18)14-5-3-4-6-14/h7-10,12,14,16H,3-6,11,18H2,1-2H3. The van der Waals surface area contributed by atoms with Crippen molar-refractivity contribution < 1.29 is 0 Å². The van der Waals surface area contributed by atoms with Crippen LogP contribution in [0, 0.1) is 5.92 Å². The van der Waals surface area contributed by atoms with Crippen molar-refractivity contribution in [2.24, 2.45) is 11.7 Å². The summed E-state index contributed by atoms with van der Waals surface area (Å²) < 4.78 is 0. The Morgan fingerprint density at radius 1 is 1.26 bits per heavy atom. The Kier molecular flexibility index (Phi) is 5.26. The Morgan fingerprint density at radius 3 is 2.37 bits per heavy atom. The van der Waals surface area contributed by atoms with E-state index in [2.05, 4.69) is 31.0 Å². The maximum atomic E-state index is 6.03. The minimum Gasteiger partial charge on any atom is -0.329 e. The van der Waals surface area contributed by atoms with Crippen LogP contribution in [0.25, 0.3) is 0 Å². The predicted octanol–water partition coefficient (Wildman–Crippen LogP) is 3.85. The number of nitrogens with two attached hydrogens (primary N) is 1. The van der Waals surface area contributed by atoms with Gasteiger partial charge in [-0.15, -0.1) is 0 Å². The number of hydrogen-bond acceptors (Lipinski definition) is 2. The van der Waals surface area contributed by atoms with Crippen LogP contribution in [0.5, 0.6) is 0 Å². The van der Waals surface area contributed by atoms with E-state index in [1.807, 2.05) is 12.1 Å². The molecule has 0 spiro atoms. The molecular weight excluding hydrogens is 256 g/mol. The average Bonchev–Trinajstić information content (AvgIpc) is 2.93. The minimum absolute atomic E-state index is 0.381. The highest BCUT2D eigenvalue weighted by molar-refractivity contribution is 6.30. The van der Waals surface area contributed by atoms with Gasteiger partial charge < -0.3 is 5.73 Å². The molecule has 1 fully saturated rings. The summed E-state index contributed by atoms with van der Waals surface area (Å²) in [6.45, 7) is 3.00. The highest BCUT2D eigenvalue weighted by Gasteiger charge is 2.29. The number of hydrogen-bond donors (Lipinski definition) is 1. The molecule has 2 atom stereocenters. The van der Waals surface area contributed by atoms with Crippen molar-refractivity contribution in [2.45, 2.75) is 44.7 Å². The first-order chi connectivity index (χ1) is 9.13. The van der Waals surface area contributed by atoms with Crippen molar-refractivity contribution in [2.75, 3.05) is 13.6 Å². The van der Waals surface area contributed by atoms with E-state index in [9.17, 15) is 0 Å². The van der Waals surface area contributed by atoms with Crippen molar-refractivity contribution in [1.82, 2.24) is 4.90 Å². The first kappa shape index (κ1) is 14.8. The fraction of sp³-hybridized carbons (Fsp3) is 0.625. The molecule has 0 amide bonds. The average molecular weight is 281 g/mol. The fourth-order valence-corrected chi connectivity index (χ4v) is 3.42. The molecule has 1 aromatic rings. The molecule has 3 heteroatoms. The normalized spacial score (nSPS) is 19.8. The van der Waals surface area contributed by atoms with Crippen LogP contribution in [0.3, 0.4) is 0 Å². The molecule has 0 bridgehead atoms. The van der Waals surface area contributed by atoms with E-state index in [4.69, 9.17) is 17.3 Å². The van der Waals surface area contributed by atoms with E-state index in [1.54, 1.807) is 0 Å². The molecule has 0 radical (unpaired) electrons. The summed E-state index contributed by atoms with van der Waals surface area (Å²) in [5.74, 6) is 0.768. The van der Waals surface area contributed by atoms with Gasteiger partial charge in [0.05, 0.1) is 0 Å². The maximum absolute atomic E-state index is 6.03. The van der Waals surface area contributed by atoms with Crippen LogP contribution in [0.15, 0.2) is 24.3 Å². The number of benzene rings is 1. The van der Waals surface area contributed by atoms with Crippen molar-refractivity contribution in [1.29, 1.82) is 0 Å². The molecule has 0 aliphatic heterocycles. The molecule has 2 N–H and O–H groups in total. The first-order valence-corrected chi connectivity index (χ1v) is 7.68. The number of rotatable bonds is 5. The van der Waals surface area contributed by atoms with Crippen LogP contribution in [-0.2, 0) is 0 Å². The molecule has 1 aromatic carbocycles. The lowest BCUT2D eigenvalue weighted by Crippen LogP contribution is -2.43. The summed E-state index contributed by atoms with van der Waals surface area (Å²) in [6.07, 6.45) is 5.40. The second kappa shape index (κ2) is 6.74. The molecular formula is C16H25ClN2. The molecule has 106 valence electrons. The lowest BCUT2D eigenvalue weighted by Gasteiger charge is -2.36. The Bertz CT molecular complexity index is 384. The molecule has 1 aliphatic rings. The summed E-state index contributed by atoms with van der Waals surface area (Å²) in [7, 11) is 2.20. The SMILES string of the molecule is CC(c1ccc(Cl)cc1)N(C)C(CN)C1CCCC1. The molecule has 1 aliphatic carbocycles. The summed E-state index contributed by atoms with van der Waals surface area (Å²) in [6, 6.07) is 9.04. The van der Waals surface area contributed by atoms with Crippen LogP contribution >= 0.6 is 11.6 Å². The van der Waals surface area contributed by atoms with Gasteiger partial charge in [-0.2, -0.15) is 0 Å². The molecule has 2 unspecified atom stereocenters. The second-order valence-electron chi connectivity index (χ2n) is 5.74. The van der Waals surface area contributed by atoms with Gasteiger partial charge in [0.1, 0.15) is 0 Å². The molecule has 1 saturated carbocycles. The van der Waals surface area contributed by atoms with Gasteiger partial charge >= 0.3 is 0 Å². The maximum Gasteiger partial charge on any atom is 0.0406 e. The molecule has 0 saturated heterocycles. The fourth-order valence-electron chi connectivity index (χ4n) is 3.30. The number of halogens is 1. The van der Waals surface area contributed by atoms with Crippen LogP contribution in [0.2, 0.25) is 5.02 Å². The number of nitrogens with zero attached hydrogens (tertiary/aromatic N) is 1. The molecule has 2 nitrogen and oxygen atoms in total. The number of likely N-dealkylation sites (N-methyl/N-ethyl adjacent to an activating group) is 1. The van der Waals surface area contributed by atoms with Gasteiger partial charge in [0.2, 0.25) is 0 Å². The van der Waals surface area contributed by atoms with Gasteiger partial charge in [0, 0.05) is 23.7 Å². The van der Waals surface area contributed by atoms with Gasteiger partial charge in [0.15, 0.2) is 0 Å². The first-order valence-electron chi connectivity index (χ1n) is 7.31. The van der Waals surface area contributed by atoms with Gasteiger partial charge in [-0.25, -0.2) is 0 Å². The third kappa shape index (κ3) is 3.50. The zero-order valence-corrected chi connectivity index (χ0v) is 12.7. The zero-order valence-electron chi connectivity index (χ0n) is 12.0.